The molecule has 1 aliphatic carbocycles. The lowest BCUT2D eigenvalue weighted by molar-refractivity contribution is -0.138. The Labute approximate surface area is 319 Å². The molecule has 2 heterocycles. The number of carbonyl (C=O) groups excluding carboxylic acids is 5. The third kappa shape index (κ3) is 12.8. The van der Waals surface area contributed by atoms with Crippen molar-refractivity contribution in [1.82, 2.24) is 35.3 Å². The molecule has 1 saturated heterocycles. The summed E-state index contributed by atoms with van der Waals surface area (Å²) in [4.78, 5) is 82.6. The number of hydrogen-bond acceptors (Lipinski definition) is 10. The molecule has 1 aromatic heterocycles. The number of alkyl carbamates (subject to hydrolysis) is 3. The Balaban J connectivity index is 1.22. The Kier molecular flexibility index (Phi) is 13.4. The topological polar surface area (TPSA) is 203 Å². The third-order valence-electron chi connectivity index (χ3n) is 8.68. The monoisotopic (exact) mass is 772 g/mol. The molecule has 0 unspecified atom stereocenters. The van der Waals surface area contributed by atoms with E-state index in [0.29, 0.717) is 25.7 Å². The van der Waals surface area contributed by atoms with Gasteiger partial charge < -0.3 is 40.0 Å². The standard InChI is InChI=1S/C37H53FN8O9/c1-35(2,3)54-33(51)40-25-12-10-24(11-13-25)39-32(50)53-22-23-9-14-26(21-27(23)38)46-16-15-28(42-31(46)49)41-30(48)45-19-17-44(18-20-45)29(47)37(7,8)43-34(52)55-36(4,5)6/h9,14-16,21,24-25H,10-13,17-20,22H2,1-8H3,(H,39,50)(H,40,51)(H,43,52)(H,41,42,48,49). The Morgan fingerprint density at radius 2 is 1.33 bits per heavy atom. The number of anilines is 1. The van der Waals surface area contributed by atoms with Gasteiger partial charge in [0.05, 0.1) is 5.69 Å². The van der Waals surface area contributed by atoms with Crippen molar-refractivity contribution >= 4 is 36.0 Å². The summed E-state index contributed by atoms with van der Waals surface area (Å²) in [7, 11) is 0. The fraction of sp³-hybridized carbons (Fsp3) is 0.595. The molecule has 302 valence electrons. The fourth-order valence-electron chi connectivity index (χ4n) is 5.99. The zero-order valence-corrected chi connectivity index (χ0v) is 32.7. The number of nitrogens with zero attached hydrogens (tertiary/aromatic N) is 4. The fourth-order valence-corrected chi connectivity index (χ4v) is 5.99. The summed E-state index contributed by atoms with van der Waals surface area (Å²) in [6.07, 6.45) is 2.01. The highest BCUT2D eigenvalue weighted by atomic mass is 19.1. The molecule has 6 amide bonds. The van der Waals surface area contributed by atoms with E-state index in [0.717, 1.165) is 10.6 Å². The van der Waals surface area contributed by atoms with Crippen LogP contribution in [-0.2, 0) is 25.6 Å². The van der Waals surface area contributed by atoms with E-state index in [4.69, 9.17) is 14.2 Å². The summed E-state index contributed by atoms with van der Waals surface area (Å²) in [6.45, 7) is 14.2. The first-order valence-electron chi connectivity index (χ1n) is 18.3. The number of rotatable bonds is 8. The van der Waals surface area contributed by atoms with Crippen LogP contribution >= 0.6 is 0 Å². The minimum absolute atomic E-state index is 0.0169. The van der Waals surface area contributed by atoms with Crippen LogP contribution in [-0.4, -0.2) is 105 Å². The minimum Gasteiger partial charge on any atom is -0.445 e. The van der Waals surface area contributed by atoms with E-state index in [2.05, 4.69) is 26.3 Å². The SMILES string of the molecule is CC(C)(C)OC(=O)NC1CCC(NC(=O)OCc2ccc(-n3ccc(NC(=O)N4CCN(C(=O)C(C)(C)NC(=O)OC(C)(C)C)CC4)nc3=O)cc2F)CC1. The highest BCUT2D eigenvalue weighted by Crippen LogP contribution is 2.21. The van der Waals surface area contributed by atoms with Crippen molar-refractivity contribution < 1.29 is 42.6 Å². The van der Waals surface area contributed by atoms with Crippen molar-refractivity contribution in [2.45, 2.75) is 117 Å². The lowest BCUT2D eigenvalue weighted by Gasteiger charge is -2.38. The third-order valence-corrected chi connectivity index (χ3v) is 8.68. The molecule has 0 bridgehead atoms. The Hall–Kier alpha value is -5.42. The predicted molar refractivity (Wildman–Crippen MR) is 199 cm³/mol. The molecule has 1 aromatic carbocycles. The van der Waals surface area contributed by atoms with Gasteiger partial charge in [-0.1, -0.05) is 6.07 Å². The Morgan fingerprint density at radius 1 is 0.782 bits per heavy atom. The zero-order valence-electron chi connectivity index (χ0n) is 32.7. The van der Waals surface area contributed by atoms with Crippen LogP contribution < -0.4 is 27.0 Å². The number of hydrogen-bond donors (Lipinski definition) is 4. The number of urea groups is 1. The minimum atomic E-state index is -1.24. The number of ether oxygens (including phenoxy) is 3. The molecule has 2 fully saturated rings. The van der Waals surface area contributed by atoms with Crippen molar-refractivity contribution in [2.75, 3.05) is 31.5 Å². The molecule has 2 aliphatic rings. The molecule has 0 spiro atoms. The van der Waals surface area contributed by atoms with Crippen molar-refractivity contribution in [3.05, 3.63) is 52.3 Å². The average Bonchev–Trinajstić information content (AvgIpc) is 3.06. The van der Waals surface area contributed by atoms with Gasteiger partial charge in [0, 0.05) is 50.0 Å². The van der Waals surface area contributed by atoms with Crippen LogP contribution in [0.4, 0.5) is 29.4 Å². The zero-order chi connectivity index (χ0) is 40.7. The molecule has 55 heavy (non-hydrogen) atoms. The molecule has 1 aliphatic heterocycles. The predicted octanol–water partition coefficient (Wildman–Crippen LogP) is 4.41. The van der Waals surface area contributed by atoms with E-state index in [1.165, 1.54) is 29.3 Å². The summed E-state index contributed by atoms with van der Waals surface area (Å²) < 4.78 is 31.9. The van der Waals surface area contributed by atoms with Crippen LogP contribution in [0.3, 0.4) is 0 Å². The molecule has 4 N–H and O–H groups in total. The number of amides is 6. The van der Waals surface area contributed by atoms with Crippen LogP contribution in [0.2, 0.25) is 0 Å². The number of aromatic nitrogens is 2. The van der Waals surface area contributed by atoms with Gasteiger partial charge in [-0.05, 0) is 99.3 Å². The van der Waals surface area contributed by atoms with Gasteiger partial charge in [0.1, 0.15) is 35.0 Å². The average molecular weight is 773 g/mol. The molecule has 1 saturated carbocycles. The van der Waals surface area contributed by atoms with Gasteiger partial charge in [-0.3, -0.25) is 14.7 Å². The van der Waals surface area contributed by atoms with Gasteiger partial charge >= 0.3 is 30.0 Å². The molecule has 0 radical (unpaired) electrons. The van der Waals surface area contributed by atoms with E-state index in [1.54, 1.807) is 60.3 Å². The summed E-state index contributed by atoms with van der Waals surface area (Å²) in [5.74, 6) is -1.05. The highest BCUT2D eigenvalue weighted by molar-refractivity contribution is 5.90. The molecular weight excluding hydrogens is 719 g/mol. The van der Waals surface area contributed by atoms with Crippen LogP contribution in [0.15, 0.2) is 35.3 Å². The van der Waals surface area contributed by atoms with Crippen molar-refractivity contribution in [3.63, 3.8) is 0 Å². The van der Waals surface area contributed by atoms with E-state index < -0.39 is 52.6 Å². The van der Waals surface area contributed by atoms with E-state index in [1.807, 2.05) is 0 Å². The van der Waals surface area contributed by atoms with E-state index in [-0.39, 0.29) is 67.8 Å². The maximum absolute atomic E-state index is 15.0. The second-order valence-corrected chi connectivity index (χ2v) is 16.1. The van der Waals surface area contributed by atoms with Crippen LogP contribution in [0.5, 0.6) is 0 Å². The summed E-state index contributed by atoms with van der Waals surface area (Å²) >= 11 is 0. The number of benzene rings is 1. The van der Waals surface area contributed by atoms with E-state index in [9.17, 15) is 28.8 Å². The quantitative estimate of drug-likeness (QED) is 0.279. The van der Waals surface area contributed by atoms with Gasteiger partial charge in [-0.2, -0.15) is 4.98 Å². The number of halogens is 1. The number of carbonyl (C=O) groups is 5. The first-order chi connectivity index (χ1) is 25.6. The maximum Gasteiger partial charge on any atom is 0.408 e. The molecule has 2 aromatic rings. The maximum atomic E-state index is 15.0. The second-order valence-electron chi connectivity index (χ2n) is 16.1. The Morgan fingerprint density at radius 3 is 1.87 bits per heavy atom. The highest BCUT2D eigenvalue weighted by Gasteiger charge is 2.37. The van der Waals surface area contributed by atoms with Crippen LogP contribution in [0.25, 0.3) is 5.69 Å². The van der Waals surface area contributed by atoms with E-state index >= 15 is 4.39 Å². The van der Waals surface area contributed by atoms with Crippen LogP contribution in [0.1, 0.15) is 86.6 Å². The first-order valence-corrected chi connectivity index (χ1v) is 18.3. The van der Waals surface area contributed by atoms with Crippen molar-refractivity contribution in [2.24, 2.45) is 0 Å². The largest absolute Gasteiger partial charge is 0.445 e. The molecule has 18 heteroatoms. The lowest BCUT2D eigenvalue weighted by Crippen LogP contribution is -2.60. The normalized spacial score (nSPS) is 17.8. The Bertz CT molecular complexity index is 1790. The molecule has 17 nitrogen and oxygen atoms in total. The summed E-state index contributed by atoms with van der Waals surface area (Å²) in [5.41, 5.74) is -3.06. The molecular formula is C37H53FN8O9. The van der Waals surface area contributed by atoms with Gasteiger partial charge in [-0.25, -0.2) is 28.4 Å². The van der Waals surface area contributed by atoms with Gasteiger partial charge in [0.25, 0.3) is 0 Å². The number of piperazine rings is 1. The lowest BCUT2D eigenvalue weighted by atomic mass is 9.91. The van der Waals surface area contributed by atoms with Crippen molar-refractivity contribution in [1.29, 1.82) is 0 Å². The number of nitrogens with one attached hydrogen (secondary N) is 4. The van der Waals surface area contributed by atoms with Gasteiger partial charge in [0.2, 0.25) is 5.91 Å². The summed E-state index contributed by atoms with van der Waals surface area (Å²) in [6, 6.07) is 4.64. The van der Waals surface area contributed by atoms with Crippen LogP contribution in [0, 0.1) is 5.82 Å². The first kappa shape index (κ1) is 42.3. The van der Waals surface area contributed by atoms with Gasteiger partial charge in [0.15, 0.2) is 0 Å². The molecule has 0 atom stereocenters. The second kappa shape index (κ2) is 17.4. The summed E-state index contributed by atoms with van der Waals surface area (Å²) in [5, 5.41) is 10.8. The van der Waals surface area contributed by atoms with Crippen molar-refractivity contribution in [3.8, 4) is 5.69 Å². The van der Waals surface area contributed by atoms with Gasteiger partial charge in [-0.15, -0.1) is 0 Å². The molecule has 4 rings (SSSR count). The smallest absolute Gasteiger partial charge is 0.408 e.